The zero-order chi connectivity index (χ0) is 24.5. The van der Waals surface area contributed by atoms with Crippen LogP contribution < -0.4 is 10.1 Å². The summed E-state index contributed by atoms with van der Waals surface area (Å²) in [7, 11) is 0.811. The normalized spacial score (nSPS) is 19.1. The first-order valence-electron chi connectivity index (χ1n) is 10.6. The van der Waals surface area contributed by atoms with Crippen LogP contribution in [0.4, 0.5) is 19.0 Å². The van der Waals surface area contributed by atoms with Gasteiger partial charge in [-0.1, -0.05) is 24.3 Å². The average Bonchev–Trinajstić information content (AvgIpc) is 2.84. The van der Waals surface area contributed by atoms with Gasteiger partial charge in [-0.2, -0.15) is 0 Å². The minimum atomic E-state index is -2.91. The van der Waals surface area contributed by atoms with Crippen LogP contribution in [0.15, 0.2) is 41.0 Å². The number of anilines is 1. The van der Waals surface area contributed by atoms with Crippen LogP contribution in [-0.2, 0) is 9.73 Å². The Morgan fingerprint density at radius 1 is 1.24 bits per heavy atom. The van der Waals surface area contributed by atoms with Crippen molar-refractivity contribution in [2.75, 3.05) is 31.0 Å². The van der Waals surface area contributed by atoms with Gasteiger partial charge in [0, 0.05) is 18.4 Å². The fraction of sp³-hybridized carbons (Fsp3) is 0.348. The average molecular weight is 492 g/mol. The van der Waals surface area contributed by atoms with Gasteiger partial charge in [-0.25, -0.2) is 36.7 Å². The van der Waals surface area contributed by atoms with Gasteiger partial charge in [-0.3, -0.25) is 0 Å². The monoisotopic (exact) mass is 491 g/mol. The van der Waals surface area contributed by atoms with Crippen LogP contribution >= 0.6 is 0 Å². The second-order valence-corrected chi connectivity index (χ2v) is 10.5. The lowest BCUT2D eigenvalue weighted by atomic mass is 10.0. The van der Waals surface area contributed by atoms with Gasteiger partial charge in [0.1, 0.15) is 23.5 Å². The summed E-state index contributed by atoms with van der Waals surface area (Å²) in [4.78, 5) is 13.1. The number of nitrogens with one attached hydrogen (secondary N) is 1. The Labute approximate surface area is 195 Å². The summed E-state index contributed by atoms with van der Waals surface area (Å²) in [6.45, 7) is 1.66. The standard InChI is InChI=1S/C23H24F3N5O2S/c1-13(15-5-4-6-16(19(15)24)21(25)26)30-22-17-11-18(14-7-9-34(32,27-2)10-8-14)31-23(33-3)20(17)28-12-29-22/h4-7,11-13,21H,8-10H2,1-3H3,(H,28,29,30). The molecule has 0 bridgehead atoms. The molecule has 1 N–H and O–H groups in total. The van der Waals surface area contributed by atoms with E-state index in [-0.39, 0.29) is 11.4 Å². The lowest BCUT2D eigenvalue weighted by Gasteiger charge is -2.20. The molecule has 7 nitrogen and oxygen atoms in total. The highest BCUT2D eigenvalue weighted by Gasteiger charge is 2.22. The van der Waals surface area contributed by atoms with Crippen molar-refractivity contribution in [3.8, 4) is 5.88 Å². The first-order valence-corrected chi connectivity index (χ1v) is 12.4. The molecule has 2 atom stereocenters. The molecule has 34 heavy (non-hydrogen) atoms. The molecular formula is C23H24F3N5O2S. The predicted molar refractivity (Wildman–Crippen MR) is 126 cm³/mol. The number of pyridine rings is 1. The van der Waals surface area contributed by atoms with Gasteiger partial charge in [0.15, 0.2) is 0 Å². The molecule has 11 heteroatoms. The van der Waals surface area contributed by atoms with Crippen LogP contribution in [0.1, 0.15) is 42.6 Å². The van der Waals surface area contributed by atoms with Crippen LogP contribution in [0.2, 0.25) is 0 Å². The summed E-state index contributed by atoms with van der Waals surface area (Å²) in [5.41, 5.74) is 1.42. The number of fused-ring (bicyclic) bond motifs is 1. The highest BCUT2D eigenvalue weighted by atomic mass is 32.2. The van der Waals surface area contributed by atoms with Gasteiger partial charge in [-0.15, -0.1) is 0 Å². The number of nitrogens with zero attached hydrogens (tertiary/aromatic N) is 4. The number of rotatable bonds is 6. The number of halogens is 3. The Hall–Kier alpha value is -3.21. The third-order valence-corrected chi connectivity index (χ3v) is 8.03. The molecule has 4 rings (SSSR count). The highest BCUT2D eigenvalue weighted by Crippen LogP contribution is 2.34. The van der Waals surface area contributed by atoms with E-state index in [1.54, 1.807) is 20.0 Å². The summed E-state index contributed by atoms with van der Waals surface area (Å²) < 4.78 is 63.0. The molecular weight excluding hydrogens is 467 g/mol. The number of allylic oxidation sites excluding steroid dienone is 1. The zero-order valence-corrected chi connectivity index (χ0v) is 19.7. The summed E-state index contributed by atoms with van der Waals surface area (Å²) in [6.07, 6.45) is 0.822. The maximum absolute atomic E-state index is 14.7. The first kappa shape index (κ1) is 23.9. The van der Waals surface area contributed by atoms with E-state index in [1.165, 1.54) is 25.6 Å². The molecule has 0 saturated carbocycles. The van der Waals surface area contributed by atoms with Gasteiger partial charge in [0.25, 0.3) is 6.43 Å². The van der Waals surface area contributed by atoms with Crippen LogP contribution in [0, 0.1) is 5.82 Å². The predicted octanol–water partition coefficient (Wildman–Crippen LogP) is 5.17. The Balaban J connectivity index is 1.75. The van der Waals surface area contributed by atoms with Crippen molar-refractivity contribution in [2.45, 2.75) is 25.8 Å². The molecule has 0 radical (unpaired) electrons. The van der Waals surface area contributed by atoms with Gasteiger partial charge >= 0.3 is 0 Å². The second kappa shape index (κ2) is 9.57. The van der Waals surface area contributed by atoms with E-state index < -0.39 is 33.6 Å². The number of ether oxygens (including phenoxy) is 1. The largest absolute Gasteiger partial charge is 0.479 e. The van der Waals surface area contributed by atoms with E-state index in [2.05, 4.69) is 24.6 Å². The number of hydrogen-bond acceptors (Lipinski definition) is 7. The SMILES string of the molecule is CN=S1(=O)CC=C(c2cc3c(NC(C)c4cccc(C(F)F)c4F)ncnc3c(OC)n2)CC1. The lowest BCUT2D eigenvalue weighted by molar-refractivity contribution is 0.146. The fourth-order valence-electron chi connectivity index (χ4n) is 3.89. The molecule has 0 fully saturated rings. The lowest BCUT2D eigenvalue weighted by Crippen LogP contribution is -2.15. The van der Waals surface area contributed by atoms with Crippen molar-refractivity contribution in [2.24, 2.45) is 4.36 Å². The summed E-state index contributed by atoms with van der Waals surface area (Å²) >= 11 is 0. The van der Waals surface area contributed by atoms with Gasteiger partial charge in [0.05, 0.1) is 45.3 Å². The maximum atomic E-state index is 14.7. The molecule has 2 aromatic heterocycles. The van der Waals surface area contributed by atoms with Crippen molar-refractivity contribution < 1.29 is 22.1 Å². The second-order valence-electron chi connectivity index (χ2n) is 7.86. The molecule has 1 aromatic carbocycles. The third-order valence-electron chi connectivity index (χ3n) is 5.84. The molecule has 1 aliphatic rings. The van der Waals surface area contributed by atoms with Gasteiger partial charge in [-0.05, 0) is 25.0 Å². The Bertz CT molecular complexity index is 1390. The molecule has 0 amide bonds. The van der Waals surface area contributed by atoms with Crippen molar-refractivity contribution >= 4 is 32.0 Å². The van der Waals surface area contributed by atoms with Crippen molar-refractivity contribution in [1.29, 1.82) is 0 Å². The van der Waals surface area contributed by atoms with E-state index >= 15 is 0 Å². The van der Waals surface area contributed by atoms with E-state index in [4.69, 9.17) is 4.74 Å². The van der Waals surface area contributed by atoms with E-state index in [9.17, 15) is 17.4 Å². The Morgan fingerprint density at radius 2 is 2.00 bits per heavy atom. The number of aromatic nitrogens is 3. The fourth-order valence-corrected chi connectivity index (χ4v) is 5.39. The van der Waals surface area contributed by atoms with E-state index in [0.29, 0.717) is 40.3 Å². The topological polar surface area (TPSA) is 89.4 Å². The molecule has 2 unspecified atom stereocenters. The van der Waals surface area contributed by atoms with Gasteiger partial charge in [0.2, 0.25) is 5.88 Å². The molecule has 3 aromatic rings. The first-order chi connectivity index (χ1) is 16.3. The minimum absolute atomic E-state index is 0.0962. The number of benzene rings is 1. The van der Waals surface area contributed by atoms with E-state index in [0.717, 1.165) is 11.6 Å². The van der Waals surface area contributed by atoms with E-state index in [1.807, 2.05) is 6.08 Å². The Kier molecular flexibility index (Phi) is 6.74. The molecule has 0 saturated heterocycles. The van der Waals surface area contributed by atoms with Crippen molar-refractivity contribution in [3.63, 3.8) is 0 Å². The van der Waals surface area contributed by atoms with Crippen LogP contribution in [-0.4, -0.2) is 44.8 Å². The van der Waals surface area contributed by atoms with Crippen LogP contribution in [0.3, 0.4) is 0 Å². The number of hydrogen-bond donors (Lipinski definition) is 1. The Morgan fingerprint density at radius 3 is 2.65 bits per heavy atom. The summed E-state index contributed by atoms with van der Waals surface area (Å²) in [6, 6.07) is 5.06. The summed E-state index contributed by atoms with van der Waals surface area (Å²) in [5, 5.41) is 3.69. The number of alkyl halides is 2. The maximum Gasteiger partial charge on any atom is 0.266 e. The summed E-state index contributed by atoms with van der Waals surface area (Å²) in [5.74, 6) is 0.487. The van der Waals surface area contributed by atoms with Crippen LogP contribution in [0.5, 0.6) is 5.88 Å². The molecule has 3 heterocycles. The van der Waals surface area contributed by atoms with Crippen molar-refractivity contribution in [1.82, 2.24) is 15.0 Å². The minimum Gasteiger partial charge on any atom is -0.479 e. The van der Waals surface area contributed by atoms with Gasteiger partial charge < -0.3 is 10.1 Å². The quantitative estimate of drug-likeness (QED) is 0.512. The smallest absolute Gasteiger partial charge is 0.266 e. The highest BCUT2D eigenvalue weighted by molar-refractivity contribution is 7.93. The zero-order valence-electron chi connectivity index (χ0n) is 18.9. The number of methoxy groups -OCH3 is 1. The van der Waals surface area contributed by atoms with Crippen LogP contribution in [0.25, 0.3) is 16.5 Å². The molecule has 0 aliphatic carbocycles. The molecule has 1 aliphatic heterocycles. The third kappa shape index (κ3) is 4.56. The van der Waals surface area contributed by atoms with Crippen molar-refractivity contribution in [3.05, 3.63) is 59.3 Å². The molecule has 0 spiro atoms. The molecule has 180 valence electrons.